The fourth-order valence-electron chi connectivity index (χ4n) is 3.88. The van der Waals surface area contributed by atoms with Crippen molar-refractivity contribution in [1.82, 2.24) is 15.5 Å². The lowest BCUT2D eigenvalue weighted by atomic mass is 9.91. The Morgan fingerprint density at radius 2 is 1.64 bits per heavy atom. The number of nitrogens with one attached hydrogen (secondary N) is 2. The Hall–Kier alpha value is -5.53. The van der Waals surface area contributed by atoms with Gasteiger partial charge < -0.3 is 31.4 Å². The molecule has 6 N–H and O–H groups in total. The molecule has 14 nitrogen and oxygen atoms in total. The molecule has 1 aliphatic rings. The predicted octanol–water partition coefficient (Wildman–Crippen LogP) is 1.27. The van der Waals surface area contributed by atoms with E-state index in [2.05, 4.69) is 15.7 Å². The van der Waals surface area contributed by atoms with Crippen molar-refractivity contribution in [2.45, 2.75) is 31.8 Å². The molecule has 14 heteroatoms. The van der Waals surface area contributed by atoms with E-state index in [4.69, 9.17) is 20.8 Å². The maximum absolute atomic E-state index is 13.1. The van der Waals surface area contributed by atoms with Crippen molar-refractivity contribution in [3.8, 4) is 0 Å². The monoisotopic (exact) mass is 581 g/mol. The molecule has 0 radical (unpaired) electrons. The van der Waals surface area contributed by atoms with Gasteiger partial charge in [-0.15, -0.1) is 0 Å². The highest BCUT2D eigenvalue weighted by molar-refractivity contribution is 6.09. The van der Waals surface area contributed by atoms with E-state index < -0.39 is 53.9 Å². The van der Waals surface area contributed by atoms with Gasteiger partial charge >= 0.3 is 23.9 Å². The van der Waals surface area contributed by atoms with Crippen LogP contribution < -0.4 is 16.5 Å². The summed E-state index contributed by atoms with van der Waals surface area (Å²) in [4.78, 5) is 70.6. The van der Waals surface area contributed by atoms with Crippen molar-refractivity contribution in [3.63, 3.8) is 0 Å². The smallest absolute Gasteiger partial charge is 0.328 e. The largest absolute Gasteiger partial charge is 0.478 e. The number of imide groups is 1. The summed E-state index contributed by atoms with van der Waals surface area (Å²) in [5.74, 6) is 1.03. The van der Waals surface area contributed by atoms with Crippen molar-refractivity contribution in [1.29, 1.82) is 0 Å². The maximum Gasteiger partial charge on any atom is 0.328 e. The van der Waals surface area contributed by atoms with Gasteiger partial charge in [0.25, 0.3) is 5.91 Å². The Labute approximate surface area is 240 Å². The minimum atomic E-state index is -1.33. The van der Waals surface area contributed by atoms with E-state index >= 15 is 0 Å². The first kappa shape index (κ1) is 32.7. The number of nitrogens with two attached hydrogens (primary N) is 1. The molecule has 1 heterocycles. The minimum absolute atomic E-state index is 0.0834. The fourth-order valence-corrected chi connectivity index (χ4v) is 3.88. The normalized spacial score (nSPS) is 16.9. The molecule has 222 valence electrons. The molecule has 1 saturated heterocycles. The third-order valence-electron chi connectivity index (χ3n) is 5.87. The van der Waals surface area contributed by atoms with E-state index in [1.165, 1.54) is 6.21 Å². The first-order valence-corrected chi connectivity index (χ1v) is 12.5. The number of carboxylic acids is 2. The molecule has 4 amide bonds. The third-order valence-corrected chi connectivity index (χ3v) is 5.87. The van der Waals surface area contributed by atoms with Gasteiger partial charge in [-0.1, -0.05) is 54.6 Å². The van der Waals surface area contributed by atoms with Crippen LogP contribution in [0.15, 0.2) is 71.9 Å². The van der Waals surface area contributed by atoms with Crippen molar-refractivity contribution >= 4 is 42.0 Å². The van der Waals surface area contributed by atoms with Crippen molar-refractivity contribution in [3.05, 3.63) is 83.4 Å². The number of hydrogen-bond donors (Lipinski definition) is 5. The number of hydrazone groups is 1. The van der Waals surface area contributed by atoms with Crippen molar-refractivity contribution in [2.75, 3.05) is 13.2 Å². The number of rotatable bonds is 11. The number of nitrogens with zero attached hydrogens (tertiary/aromatic N) is 2. The molecule has 2 atom stereocenters. The zero-order chi connectivity index (χ0) is 31.3. The van der Waals surface area contributed by atoms with Gasteiger partial charge in [0.15, 0.2) is 0 Å². The highest BCUT2D eigenvalue weighted by Gasteiger charge is 2.49. The summed E-state index contributed by atoms with van der Waals surface area (Å²) in [6, 6.07) is 14.4. The summed E-state index contributed by atoms with van der Waals surface area (Å²) in [5.41, 5.74) is 0.648. The second-order valence-electron chi connectivity index (χ2n) is 8.90. The number of carbonyl (C=O) groups excluding carboxylic acids is 4. The number of amides is 4. The molecule has 0 bridgehead atoms. The van der Waals surface area contributed by atoms with E-state index in [1.54, 1.807) is 62.4 Å². The number of esters is 1. The summed E-state index contributed by atoms with van der Waals surface area (Å²) in [7, 11) is 0. The number of carboxylic acid groups (broad SMARTS) is 2. The Morgan fingerprint density at radius 3 is 2.17 bits per heavy atom. The zero-order valence-corrected chi connectivity index (χ0v) is 22.9. The third kappa shape index (κ3) is 9.29. The van der Waals surface area contributed by atoms with E-state index in [9.17, 15) is 28.8 Å². The lowest BCUT2D eigenvalue weighted by Crippen LogP contribution is -2.44. The molecular formula is C28H31N5O9. The molecule has 0 aromatic heterocycles. The van der Waals surface area contributed by atoms with Gasteiger partial charge in [-0.05, 0) is 30.5 Å². The SMILES string of the molecule is CCOC(=O)C[C@H](NC(=O)CN1C(=O)N[C@@](C)(c2ccc(C=NN)cc2)C1=O)c1ccccc1.O=C(O)/C=C\C(=O)O. The van der Waals surface area contributed by atoms with E-state index in [0.29, 0.717) is 23.3 Å². The number of hydrogen-bond acceptors (Lipinski definition) is 9. The Bertz CT molecular complexity index is 1340. The number of urea groups is 1. The molecule has 0 spiro atoms. The molecule has 0 saturated carbocycles. The lowest BCUT2D eigenvalue weighted by Gasteiger charge is -2.23. The molecule has 1 aliphatic heterocycles. The van der Waals surface area contributed by atoms with E-state index in [-0.39, 0.29) is 13.0 Å². The van der Waals surface area contributed by atoms with Crippen LogP contribution in [-0.2, 0) is 34.2 Å². The van der Waals surface area contributed by atoms with Crippen LogP contribution in [0.4, 0.5) is 4.79 Å². The molecular weight excluding hydrogens is 550 g/mol. The summed E-state index contributed by atoms with van der Waals surface area (Å²) >= 11 is 0. The standard InChI is InChI=1S/C24H27N5O5.C4H4O4/c1-3-34-21(31)13-19(17-7-5-4-6-8-17)27-20(30)15-29-22(32)24(2,28-23(29)33)18-11-9-16(10-12-18)14-26-25;5-3(6)1-2-4(7)8/h4-12,14,19H,3,13,15,25H2,1-2H3,(H,27,30)(H,28,33);1-2H,(H,5,6)(H,7,8)/b;2-1-/t19-,24-;/m0./s1. The van der Waals surface area contributed by atoms with Crippen LogP contribution >= 0.6 is 0 Å². The highest BCUT2D eigenvalue weighted by Crippen LogP contribution is 2.29. The van der Waals surface area contributed by atoms with E-state index in [0.717, 1.165) is 10.5 Å². The Kier molecular flexibility index (Phi) is 11.9. The first-order valence-electron chi connectivity index (χ1n) is 12.5. The molecule has 1 fully saturated rings. The molecule has 3 rings (SSSR count). The van der Waals surface area contributed by atoms with Crippen LogP contribution in [0.3, 0.4) is 0 Å². The quantitative estimate of drug-likeness (QED) is 0.0639. The molecule has 42 heavy (non-hydrogen) atoms. The van der Waals surface area contributed by atoms with E-state index in [1.807, 2.05) is 6.07 Å². The van der Waals surface area contributed by atoms with Gasteiger partial charge in [0.2, 0.25) is 5.91 Å². The number of carbonyl (C=O) groups is 6. The number of ether oxygens (including phenoxy) is 1. The Balaban J connectivity index is 0.000000675. The first-order chi connectivity index (χ1) is 19.9. The average Bonchev–Trinajstić information content (AvgIpc) is 3.16. The van der Waals surface area contributed by atoms with Gasteiger partial charge in [-0.25, -0.2) is 14.4 Å². The van der Waals surface area contributed by atoms with Crippen LogP contribution in [0, 0.1) is 0 Å². The summed E-state index contributed by atoms with van der Waals surface area (Å²) in [6.07, 6.45) is 2.49. The number of benzene rings is 2. The second-order valence-corrected chi connectivity index (χ2v) is 8.90. The Morgan fingerprint density at radius 1 is 1.05 bits per heavy atom. The predicted molar refractivity (Wildman–Crippen MR) is 149 cm³/mol. The molecule has 0 aliphatic carbocycles. The van der Waals surface area contributed by atoms with Crippen LogP contribution in [0.2, 0.25) is 0 Å². The second kappa shape index (κ2) is 15.3. The van der Waals surface area contributed by atoms with Crippen LogP contribution in [0.5, 0.6) is 0 Å². The van der Waals surface area contributed by atoms with Gasteiger partial charge in [0.1, 0.15) is 12.1 Å². The van der Waals surface area contributed by atoms with Crippen LogP contribution in [0.1, 0.15) is 43.0 Å². The maximum atomic E-state index is 13.1. The zero-order valence-electron chi connectivity index (χ0n) is 22.9. The van der Waals surface area contributed by atoms with Crippen LogP contribution in [0.25, 0.3) is 0 Å². The topological polar surface area (TPSA) is 218 Å². The average molecular weight is 582 g/mol. The molecule has 2 aromatic rings. The summed E-state index contributed by atoms with van der Waals surface area (Å²) in [6.45, 7) is 2.99. The van der Waals surface area contributed by atoms with Crippen molar-refractivity contribution in [2.24, 2.45) is 10.9 Å². The summed E-state index contributed by atoms with van der Waals surface area (Å²) < 4.78 is 5.01. The van der Waals surface area contributed by atoms with Crippen LogP contribution in [-0.4, -0.2) is 70.2 Å². The van der Waals surface area contributed by atoms with Gasteiger partial charge in [0, 0.05) is 12.2 Å². The minimum Gasteiger partial charge on any atom is -0.478 e. The van der Waals surface area contributed by atoms with Gasteiger partial charge in [0.05, 0.1) is 25.3 Å². The lowest BCUT2D eigenvalue weighted by molar-refractivity contribution is -0.144. The van der Waals surface area contributed by atoms with Gasteiger partial charge in [-0.2, -0.15) is 5.10 Å². The summed E-state index contributed by atoms with van der Waals surface area (Å²) in [5, 5.41) is 24.5. The highest BCUT2D eigenvalue weighted by atomic mass is 16.5. The molecule has 2 aromatic carbocycles. The molecule has 0 unspecified atom stereocenters. The van der Waals surface area contributed by atoms with Crippen molar-refractivity contribution < 1.29 is 43.7 Å². The van der Waals surface area contributed by atoms with Gasteiger partial charge in [-0.3, -0.25) is 19.3 Å². The fraction of sp³-hybridized carbons (Fsp3) is 0.250. The number of aliphatic carboxylic acids is 2.